The average molecular weight is 406 g/mol. The van der Waals surface area contributed by atoms with Crippen LogP contribution in [0.15, 0.2) is 24.3 Å². The molecule has 0 saturated heterocycles. The van der Waals surface area contributed by atoms with Gasteiger partial charge in [-0.05, 0) is 51.0 Å². The number of urea groups is 1. The van der Waals surface area contributed by atoms with Crippen LogP contribution in [0.5, 0.6) is 5.75 Å². The highest BCUT2D eigenvalue weighted by molar-refractivity contribution is 5.96. The molecule has 0 radical (unpaired) electrons. The van der Waals surface area contributed by atoms with Crippen LogP contribution in [0.4, 0.5) is 10.5 Å². The normalized spacial score (nSPS) is 16.4. The summed E-state index contributed by atoms with van der Waals surface area (Å²) in [5.41, 5.74) is 0.662. The summed E-state index contributed by atoms with van der Waals surface area (Å²) in [4.78, 5) is 37.7. The number of nitrogens with one attached hydrogen (secondary N) is 4. The molecule has 1 saturated carbocycles. The highest BCUT2D eigenvalue weighted by Crippen LogP contribution is 2.17. The van der Waals surface area contributed by atoms with Crippen LogP contribution in [-0.2, 0) is 9.59 Å². The SMILES string of the molecule is CC[NH+](CC(=O)Nc1ccc(OC)cc1)[C@@H](C)C(=O)NC(=O)NC1CCCCC1. The third kappa shape index (κ3) is 7.38. The number of anilines is 1. The molecule has 4 amide bonds. The summed E-state index contributed by atoms with van der Waals surface area (Å²) < 4.78 is 5.10. The molecule has 2 atom stereocenters. The van der Waals surface area contributed by atoms with Crippen molar-refractivity contribution in [3.05, 3.63) is 24.3 Å². The van der Waals surface area contributed by atoms with E-state index < -0.39 is 12.1 Å². The molecule has 1 aliphatic rings. The van der Waals surface area contributed by atoms with Crippen molar-refractivity contribution in [2.75, 3.05) is 25.5 Å². The Morgan fingerprint density at radius 2 is 1.79 bits per heavy atom. The third-order valence-corrected chi connectivity index (χ3v) is 5.40. The minimum Gasteiger partial charge on any atom is -0.497 e. The lowest BCUT2D eigenvalue weighted by molar-refractivity contribution is -0.904. The molecule has 0 bridgehead atoms. The van der Waals surface area contributed by atoms with Crippen molar-refractivity contribution >= 4 is 23.5 Å². The number of carbonyl (C=O) groups is 3. The van der Waals surface area contributed by atoms with Gasteiger partial charge in [-0.2, -0.15) is 0 Å². The molecule has 1 aliphatic carbocycles. The van der Waals surface area contributed by atoms with Crippen LogP contribution >= 0.6 is 0 Å². The maximum absolute atomic E-state index is 12.5. The quantitative estimate of drug-likeness (QED) is 0.520. The minimum atomic E-state index is -0.529. The first-order chi connectivity index (χ1) is 13.9. The number of ether oxygens (including phenoxy) is 1. The lowest BCUT2D eigenvalue weighted by atomic mass is 9.96. The van der Waals surface area contributed by atoms with Crippen LogP contribution in [0.25, 0.3) is 0 Å². The number of benzene rings is 1. The topological polar surface area (TPSA) is 101 Å². The highest BCUT2D eigenvalue weighted by Gasteiger charge is 2.28. The zero-order valence-electron chi connectivity index (χ0n) is 17.5. The fraction of sp³-hybridized carbons (Fsp3) is 0.571. The zero-order valence-corrected chi connectivity index (χ0v) is 17.5. The fourth-order valence-corrected chi connectivity index (χ4v) is 3.54. The van der Waals surface area contributed by atoms with Crippen molar-refractivity contribution in [3.63, 3.8) is 0 Å². The smallest absolute Gasteiger partial charge is 0.321 e. The molecular weight excluding hydrogens is 372 g/mol. The molecule has 1 unspecified atom stereocenters. The molecule has 8 nitrogen and oxygen atoms in total. The van der Waals surface area contributed by atoms with Gasteiger partial charge in [0, 0.05) is 11.7 Å². The van der Waals surface area contributed by atoms with Crippen molar-refractivity contribution < 1.29 is 24.0 Å². The second-order valence-corrected chi connectivity index (χ2v) is 7.48. The summed E-state index contributed by atoms with van der Waals surface area (Å²) >= 11 is 0. The van der Waals surface area contributed by atoms with Crippen LogP contribution in [0, 0.1) is 0 Å². The first kappa shape index (κ1) is 22.7. The summed E-state index contributed by atoms with van der Waals surface area (Å²) in [5.74, 6) is 0.131. The maximum Gasteiger partial charge on any atom is 0.321 e. The number of rotatable bonds is 8. The molecule has 0 spiro atoms. The van der Waals surface area contributed by atoms with E-state index >= 15 is 0 Å². The number of likely N-dealkylation sites (N-methyl/N-ethyl adjacent to an activating group) is 1. The molecule has 1 aromatic rings. The Labute approximate surface area is 172 Å². The molecule has 0 aliphatic heterocycles. The lowest BCUT2D eigenvalue weighted by Gasteiger charge is -2.25. The second kappa shape index (κ2) is 11.4. The van der Waals surface area contributed by atoms with Gasteiger partial charge >= 0.3 is 6.03 Å². The molecule has 2 rings (SSSR count). The van der Waals surface area contributed by atoms with Gasteiger partial charge in [0.2, 0.25) is 0 Å². The summed E-state index contributed by atoms with van der Waals surface area (Å²) in [6, 6.07) is 6.20. The van der Waals surface area contributed by atoms with Gasteiger partial charge in [-0.3, -0.25) is 14.9 Å². The van der Waals surface area contributed by atoms with E-state index in [1.807, 2.05) is 6.92 Å². The van der Waals surface area contributed by atoms with E-state index in [0.717, 1.165) is 30.6 Å². The van der Waals surface area contributed by atoms with Crippen LogP contribution < -0.4 is 25.6 Å². The van der Waals surface area contributed by atoms with Crippen LogP contribution in [0.1, 0.15) is 46.0 Å². The van der Waals surface area contributed by atoms with E-state index in [1.54, 1.807) is 38.3 Å². The van der Waals surface area contributed by atoms with Crippen LogP contribution in [0.2, 0.25) is 0 Å². The lowest BCUT2D eigenvalue weighted by Crippen LogP contribution is -3.17. The zero-order chi connectivity index (χ0) is 21.2. The molecule has 1 fully saturated rings. The predicted molar refractivity (Wildman–Crippen MR) is 111 cm³/mol. The number of methoxy groups -OCH3 is 1. The standard InChI is InChI=1S/C21H32N4O4/c1-4-25(14-19(26)22-17-10-12-18(29-3)13-11-17)15(2)20(27)24-21(28)23-16-8-6-5-7-9-16/h10-13,15-16H,4-9,14H2,1-3H3,(H,22,26)(H2,23,24,27,28)/p+1/t15-/m0/s1. The Bertz CT molecular complexity index is 686. The molecule has 0 aromatic heterocycles. The van der Waals surface area contributed by atoms with Gasteiger partial charge in [0.25, 0.3) is 11.8 Å². The van der Waals surface area contributed by atoms with E-state index in [1.165, 1.54) is 6.42 Å². The Hall–Kier alpha value is -2.61. The Kier molecular flexibility index (Phi) is 8.92. The molecule has 29 heavy (non-hydrogen) atoms. The number of quaternary nitrogens is 1. The van der Waals surface area contributed by atoms with Crippen LogP contribution in [-0.4, -0.2) is 50.1 Å². The van der Waals surface area contributed by atoms with Gasteiger partial charge in [-0.25, -0.2) is 4.79 Å². The van der Waals surface area contributed by atoms with Gasteiger partial charge in [-0.15, -0.1) is 0 Å². The van der Waals surface area contributed by atoms with Crippen molar-refractivity contribution in [3.8, 4) is 5.75 Å². The molecule has 0 heterocycles. The summed E-state index contributed by atoms with van der Waals surface area (Å²) in [7, 11) is 1.58. The Morgan fingerprint density at radius 1 is 1.14 bits per heavy atom. The first-order valence-electron chi connectivity index (χ1n) is 10.3. The summed E-state index contributed by atoms with van der Waals surface area (Å²) in [5, 5.41) is 8.12. The second-order valence-electron chi connectivity index (χ2n) is 7.48. The Balaban J connectivity index is 1.82. The largest absolute Gasteiger partial charge is 0.497 e. The summed E-state index contributed by atoms with van der Waals surface area (Å²) in [6.07, 6.45) is 5.31. The average Bonchev–Trinajstić information content (AvgIpc) is 2.72. The Morgan fingerprint density at radius 3 is 2.38 bits per heavy atom. The van der Waals surface area contributed by atoms with Gasteiger partial charge < -0.3 is 20.3 Å². The van der Waals surface area contributed by atoms with E-state index in [9.17, 15) is 14.4 Å². The van der Waals surface area contributed by atoms with E-state index in [-0.39, 0.29) is 24.4 Å². The van der Waals surface area contributed by atoms with Crippen molar-refractivity contribution in [2.45, 2.75) is 58.0 Å². The monoisotopic (exact) mass is 405 g/mol. The predicted octanol–water partition coefficient (Wildman–Crippen LogP) is 1.09. The number of amides is 4. The van der Waals surface area contributed by atoms with Crippen molar-refractivity contribution in [1.29, 1.82) is 0 Å². The van der Waals surface area contributed by atoms with E-state index in [0.29, 0.717) is 18.0 Å². The fourth-order valence-electron chi connectivity index (χ4n) is 3.54. The first-order valence-corrected chi connectivity index (χ1v) is 10.3. The molecule has 1 aromatic carbocycles. The number of hydrogen-bond acceptors (Lipinski definition) is 4. The van der Waals surface area contributed by atoms with Crippen molar-refractivity contribution in [2.24, 2.45) is 0 Å². The van der Waals surface area contributed by atoms with Gasteiger partial charge in [0.15, 0.2) is 12.6 Å². The molecule has 8 heteroatoms. The molecule has 160 valence electrons. The number of carbonyl (C=O) groups excluding carboxylic acids is 3. The van der Waals surface area contributed by atoms with Crippen molar-refractivity contribution in [1.82, 2.24) is 10.6 Å². The number of imide groups is 1. The maximum atomic E-state index is 12.5. The van der Waals surface area contributed by atoms with Gasteiger partial charge in [0.05, 0.1) is 13.7 Å². The number of hydrogen-bond donors (Lipinski definition) is 4. The van der Waals surface area contributed by atoms with Crippen LogP contribution in [0.3, 0.4) is 0 Å². The minimum absolute atomic E-state index is 0.126. The molecular formula is C21H33N4O4+. The summed E-state index contributed by atoms with van der Waals surface area (Å²) in [6.45, 7) is 4.33. The van der Waals surface area contributed by atoms with Gasteiger partial charge in [0.1, 0.15) is 5.75 Å². The van der Waals surface area contributed by atoms with E-state index in [2.05, 4.69) is 16.0 Å². The third-order valence-electron chi connectivity index (χ3n) is 5.40. The van der Waals surface area contributed by atoms with E-state index in [4.69, 9.17) is 4.74 Å². The highest BCUT2D eigenvalue weighted by atomic mass is 16.5. The molecule has 4 N–H and O–H groups in total. The van der Waals surface area contributed by atoms with Gasteiger partial charge in [-0.1, -0.05) is 19.3 Å².